The highest BCUT2D eigenvalue weighted by Gasteiger charge is 2.11. The number of unbranched alkanes of at least 4 members (excludes halogenated alkanes) is 6. The highest BCUT2D eigenvalue weighted by atomic mass is 16.5. The van der Waals surface area contributed by atoms with Crippen LogP contribution in [-0.2, 0) is 11.3 Å². The molecule has 0 bridgehead atoms. The second-order valence-electron chi connectivity index (χ2n) is 7.80. The van der Waals surface area contributed by atoms with Crippen molar-refractivity contribution in [2.45, 2.75) is 51.5 Å². The van der Waals surface area contributed by atoms with E-state index in [1.54, 1.807) is 36.4 Å². The molecule has 0 radical (unpaired) electrons. The van der Waals surface area contributed by atoms with Gasteiger partial charge in [0.05, 0.1) is 12.2 Å². The molecule has 0 saturated heterocycles. The summed E-state index contributed by atoms with van der Waals surface area (Å²) < 4.78 is 7.60. The Morgan fingerprint density at radius 3 is 1.84 bits per heavy atom. The molecule has 162 valence electrons. The Morgan fingerprint density at radius 2 is 1.16 bits per heavy atom. The normalized spacial score (nSPS) is 10.7. The summed E-state index contributed by atoms with van der Waals surface area (Å²) in [5, 5.41) is 0. The van der Waals surface area contributed by atoms with E-state index in [0.29, 0.717) is 23.3 Å². The SMILES string of the molecule is O=C(OCCCCCCCCCn1cccc1)c1ccc(C(=O)c2ccccc2)cc1. The molecule has 0 amide bonds. The Bertz CT molecular complexity index is 915. The first-order chi connectivity index (χ1) is 15.2. The van der Waals surface area contributed by atoms with Crippen LogP contribution in [0.5, 0.6) is 0 Å². The number of ketones is 1. The van der Waals surface area contributed by atoms with Crippen LogP contribution in [0.1, 0.15) is 71.2 Å². The lowest BCUT2D eigenvalue weighted by molar-refractivity contribution is 0.0497. The second kappa shape index (κ2) is 12.5. The van der Waals surface area contributed by atoms with E-state index in [0.717, 1.165) is 19.4 Å². The van der Waals surface area contributed by atoms with E-state index in [2.05, 4.69) is 29.1 Å². The van der Waals surface area contributed by atoms with Crippen LogP contribution >= 0.6 is 0 Å². The van der Waals surface area contributed by atoms with Crippen molar-refractivity contribution in [2.24, 2.45) is 0 Å². The number of benzene rings is 2. The van der Waals surface area contributed by atoms with Crippen LogP contribution in [-0.4, -0.2) is 22.9 Å². The van der Waals surface area contributed by atoms with E-state index in [1.165, 1.54) is 32.1 Å². The molecule has 0 aliphatic heterocycles. The summed E-state index contributed by atoms with van der Waals surface area (Å²) in [6.07, 6.45) is 12.3. The molecule has 3 aromatic rings. The number of ether oxygens (including phenoxy) is 1. The maximum atomic E-state index is 12.4. The van der Waals surface area contributed by atoms with Gasteiger partial charge < -0.3 is 9.30 Å². The third-order valence-electron chi connectivity index (χ3n) is 5.38. The molecule has 4 nitrogen and oxygen atoms in total. The zero-order valence-corrected chi connectivity index (χ0v) is 18.0. The molecule has 0 N–H and O–H groups in total. The predicted molar refractivity (Wildman–Crippen MR) is 123 cm³/mol. The van der Waals surface area contributed by atoms with Crippen molar-refractivity contribution in [3.05, 3.63) is 95.8 Å². The van der Waals surface area contributed by atoms with Gasteiger partial charge in [0, 0.05) is 30.1 Å². The Morgan fingerprint density at radius 1 is 0.613 bits per heavy atom. The van der Waals surface area contributed by atoms with Crippen LogP contribution in [0.3, 0.4) is 0 Å². The number of aryl methyl sites for hydroxylation is 1. The molecule has 0 saturated carbocycles. The molecule has 0 aliphatic rings. The number of rotatable bonds is 13. The van der Waals surface area contributed by atoms with E-state index in [9.17, 15) is 9.59 Å². The van der Waals surface area contributed by atoms with Gasteiger partial charge in [0.25, 0.3) is 0 Å². The molecule has 0 unspecified atom stereocenters. The minimum Gasteiger partial charge on any atom is -0.462 e. The number of nitrogens with zero attached hydrogens (tertiary/aromatic N) is 1. The van der Waals surface area contributed by atoms with Crippen molar-refractivity contribution in [3.63, 3.8) is 0 Å². The van der Waals surface area contributed by atoms with Crippen LogP contribution in [0, 0.1) is 0 Å². The van der Waals surface area contributed by atoms with Crippen molar-refractivity contribution < 1.29 is 14.3 Å². The molecule has 0 fully saturated rings. The fraction of sp³-hybridized carbons (Fsp3) is 0.333. The summed E-state index contributed by atoms with van der Waals surface area (Å²) in [6, 6.07) is 19.9. The summed E-state index contributed by atoms with van der Waals surface area (Å²) in [4.78, 5) is 24.6. The number of hydrogen-bond donors (Lipinski definition) is 0. The van der Waals surface area contributed by atoms with Gasteiger partial charge in [-0.2, -0.15) is 0 Å². The average molecular weight is 418 g/mol. The third-order valence-corrected chi connectivity index (χ3v) is 5.38. The lowest BCUT2D eigenvalue weighted by atomic mass is 10.0. The van der Waals surface area contributed by atoms with Gasteiger partial charge in [-0.05, 0) is 37.1 Å². The summed E-state index contributed by atoms with van der Waals surface area (Å²) in [7, 11) is 0. The molecular weight excluding hydrogens is 386 g/mol. The summed E-state index contributed by atoms with van der Waals surface area (Å²) in [6.45, 7) is 1.54. The monoisotopic (exact) mass is 417 g/mol. The standard InChI is InChI=1S/C27H31NO3/c29-26(23-13-7-6-8-14-23)24-15-17-25(18-16-24)27(30)31-22-12-5-3-1-2-4-9-19-28-20-10-11-21-28/h6-8,10-11,13-18,20-21H,1-5,9,12,19,22H2. The average Bonchev–Trinajstić information content (AvgIpc) is 3.34. The predicted octanol–water partition coefficient (Wildman–Crippen LogP) is 6.31. The van der Waals surface area contributed by atoms with Gasteiger partial charge in [-0.1, -0.05) is 74.6 Å². The highest BCUT2D eigenvalue weighted by molar-refractivity contribution is 6.09. The Hall–Kier alpha value is -3.14. The zero-order chi connectivity index (χ0) is 21.7. The second-order valence-corrected chi connectivity index (χ2v) is 7.80. The maximum absolute atomic E-state index is 12.4. The zero-order valence-electron chi connectivity index (χ0n) is 18.0. The molecule has 1 aromatic heterocycles. The van der Waals surface area contributed by atoms with Crippen molar-refractivity contribution in [1.29, 1.82) is 0 Å². The molecule has 31 heavy (non-hydrogen) atoms. The number of carbonyl (C=O) groups excluding carboxylic acids is 2. The summed E-state index contributed by atoms with van der Waals surface area (Å²) in [5.41, 5.74) is 1.68. The van der Waals surface area contributed by atoms with Gasteiger partial charge in [0.15, 0.2) is 5.78 Å². The Kier molecular flexibility index (Phi) is 9.11. The fourth-order valence-electron chi connectivity index (χ4n) is 3.56. The Labute approximate surface area is 184 Å². The lowest BCUT2D eigenvalue weighted by Crippen LogP contribution is -2.07. The van der Waals surface area contributed by atoms with Crippen LogP contribution in [0.15, 0.2) is 79.1 Å². The lowest BCUT2D eigenvalue weighted by Gasteiger charge is -2.06. The molecule has 0 atom stereocenters. The van der Waals surface area contributed by atoms with E-state index >= 15 is 0 Å². The first-order valence-corrected chi connectivity index (χ1v) is 11.2. The van der Waals surface area contributed by atoms with Crippen molar-refractivity contribution in [1.82, 2.24) is 4.57 Å². The molecule has 1 heterocycles. The first kappa shape index (κ1) is 22.5. The number of esters is 1. The van der Waals surface area contributed by atoms with Crippen LogP contribution in [0.4, 0.5) is 0 Å². The smallest absolute Gasteiger partial charge is 0.338 e. The Balaban J connectivity index is 1.25. The van der Waals surface area contributed by atoms with E-state index in [4.69, 9.17) is 4.74 Å². The van der Waals surface area contributed by atoms with Crippen molar-refractivity contribution in [3.8, 4) is 0 Å². The van der Waals surface area contributed by atoms with Gasteiger partial charge in [-0.25, -0.2) is 4.79 Å². The number of aromatic nitrogens is 1. The molecular formula is C27H31NO3. The minimum atomic E-state index is -0.330. The van der Waals surface area contributed by atoms with E-state index in [-0.39, 0.29) is 11.8 Å². The highest BCUT2D eigenvalue weighted by Crippen LogP contribution is 2.13. The van der Waals surface area contributed by atoms with Crippen LogP contribution in [0.2, 0.25) is 0 Å². The van der Waals surface area contributed by atoms with E-state index in [1.807, 2.05) is 18.2 Å². The van der Waals surface area contributed by atoms with Crippen LogP contribution in [0.25, 0.3) is 0 Å². The summed E-state index contributed by atoms with van der Waals surface area (Å²) >= 11 is 0. The quantitative estimate of drug-likeness (QED) is 0.186. The van der Waals surface area contributed by atoms with Gasteiger partial charge >= 0.3 is 5.97 Å². The number of hydrogen-bond acceptors (Lipinski definition) is 3. The molecule has 4 heteroatoms. The first-order valence-electron chi connectivity index (χ1n) is 11.2. The third kappa shape index (κ3) is 7.56. The van der Waals surface area contributed by atoms with Crippen molar-refractivity contribution in [2.75, 3.05) is 6.61 Å². The molecule has 0 aliphatic carbocycles. The van der Waals surface area contributed by atoms with E-state index < -0.39 is 0 Å². The maximum Gasteiger partial charge on any atom is 0.338 e. The molecule has 2 aromatic carbocycles. The molecule has 3 rings (SSSR count). The fourth-order valence-corrected chi connectivity index (χ4v) is 3.56. The topological polar surface area (TPSA) is 48.3 Å². The minimum absolute atomic E-state index is 0.0507. The summed E-state index contributed by atoms with van der Waals surface area (Å²) in [5.74, 6) is -0.381. The number of carbonyl (C=O) groups is 2. The van der Waals surface area contributed by atoms with Gasteiger partial charge in [-0.15, -0.1) is 0 Å². The van der Waals surface area contributed by atoms with Crippen LogP contribution < -0.4 is 0 Å². The van der Waals surface area contributed by atoms with Crippen molar-refractivity contribution >= 4 is 11.8 Å². The largest absolute Gasteiger partial charge is 0.462 e. The van der Waals surface area contributed by atoms with Gasteiger partial charge in [0.1, 0.15) is 0 Å². The molecule has 0 spiro atoms. The van der Waals surface area contributed by atoms with Gasteiger partial charge in [0.2, 0.25) is 0 Å². The van der Waals surface area contributed by atoms with Gasteiger partial charge in [-0.3, -0.25) is 4.79 Å².